The molecule has 0 saturated carbocycles. The topological polar surface area (TPSA) is 63.1 Å². The summed E-state index contributed by atoms with van der Waals surface area (Å²) in [6.07, 6.45) is 7.82. The van der Waals surface area contributed by atoms with Crippen LogP contribution in [0.2, 0.25) is 0 Å². The average Bonchev–Trinajstić information content (AvgIpc) is 2.52. The highest BCUT2D eigenvalue weighted by molar-refractivity contribution is 5.89. The molecule has 0 fully saturated rings. The fraction of sp³-hybridized carbons (Fsp3) is 0. The largest absolute Gasteiger partial charge is 0.478 e. The second-order valence-electron chi connectivity index (χ2n) is 4.55. The van der Waals surface area contributed by atoms with Crippen LogP contribution >= 0.6 is 0 Å². The maximum atomic E-state index is 10.7. The molecule has 0 amide bonds. The molecule has 0 spiro atoms. The van der Waals surface area contributed by atoms with Gasteiger partial charge in [0.25, 0.3) is 0 Å². The molecule has 0 saturated heterocycles. The summed E-state index contributed by atoms with van der Waals surface area (Å²) >= 11 is 0. The summed E-state index contributed by atoms with van der Waals surface area (Å²) in [6, 6.07) is 11.6. The van der Waals surface area contributed by atoms with Crippen molar-refractivity contribution in [3.05, 3.63) is 66.6 Å². The molecule has 0 unspecified atom stereocenters. The van der Waals surface area contributed by atoms with E-state index in [4.69, 9.17) is 5.11 Å². The number of benzene rings is 1. The number of hydrogen-bond acceptors (Lipinski definition) is 3. The predicted octanol–water partition coefficient (Wildman–Crippen LogP) is 3.39. The summed E-state index contributed by atoms with van der Waals surface area (Å²) in [4.78, 5) is 19.1. The van der Waals surface area contributed by atoms with E-state index in [2.05, 4.69) is 9.97 Å². The second-order valence-corrected chi connectivity index (χ2v) is 4.55. The Morgan fingerprint density at radius 3 is 2.90 bits per heavy atom. The van der Waals surface area contributed by atoms with Crippen molar-refractivity contribution in [1.82, 2.24) is 9.97 Å². The summed E-state index contributed by atoms with van der Waals surface area (Å²) in [5.74, 6) is -0.974. The Morgan fingerprint density at radius 2 is 2.05 bits per heavy atom. The van der Waals surface area contributed by atoms with Gasteiger partial charge in [-0.05, 0) is 35.4 Å². The smallest absolute Gasteiger partial charge is 0.328 e. The first-order chi connectivity index (χ1) is 10.2. The van der Waals surface area contributed by atoms with E-state index in [1.165, 1.54) is 0 Å². The third-order valence-electron chi connectivity index (χ3n) is 3.18. The molecule has 0 aliphatic carbocycles. The number of carboxylic acids is 1. The van der Waals surface area contributed by atoms with Gasteiger partial charge >= 0.3 is 5.97 Å². The molecular weight excluding hydrogens is 264 g/mol. The van der Waals surface area contributed by atoms with Crippen molar-refractivity contribution in [1.29, 1.82) is 0 Å². The van der Waals surface area contributed by atoms with E-state index in [1.54, 1.807) is 30.7 Å². The Balaban J connectivity index is 2.12. The zero-order valence-corrected chi connectivity index (χ0v) is 11.1. The number of rotatable bonds is 3. The molecule has 4 nitrogen and oxygen atoms in total. The molecule has 1 aromatic carbocycles. The van der Waals surface area contributed by atoms with E-state index in [0.717, 1.165) is 33.7 Å². The molecule has 0 atom stereocenters. The maximum Gasteiger partial charge on any atom is 0.328 e. The number of fused-ring (bicyclic) bond motifs is 1. The number of pyridine rings is 2. The highest BCUT2D eigenvalue weighted by atomic mass is 16.4. The number of aromatic nitrogens is 2. The van der Waals surface area contributed by atoms with E-state index in [1.807, 2.05) is 30.3 Å². The van der Waals surface area contributed by atoms with E-state index in [0.29, 0.717) is 0 Å². The summed E-state index contributed by atoms with van der Waals surface area (Å²) in [7, 11) is 0. The molecule has 0 bridgehead atoms. The molecule has 2 aromatic heterocycles. The van der Waals surface area contributed by atoms with Gasteiger partial charge in [0.1, 0.15) is 0 Å². The van der Waals surface area contributed by atoms with Crippen molar-refractivity contribution in [2.75, 3.05) is 0 Å². The maximum absolute atomic E-state index is 10.7. The van der Waals surface area contributed by atoms with Gasteiger partial charge in [-0.3, -0.25) is 9.97 Å². The fourth-order valence-corrected chi connectivity index (χ4v) is 2.19. The Morgan fingerprint density at radius 1 is 1.14 bits per heavy atom. The van der Waals surface area contributed by atoms with E-state index in [-0.39, 0.29) is 0 Å². The summed E-state index contributed by atoms with van der Waals surface area (Å²) < 4.78 is 0. The van der Waals surface area contributed by atoms with Gasteiger partial charge < -0.3 is 5.11 Å². The standard InChI is InChI=1S/C17H12N2O2/c20-17(21)6-5-12-7-9-18-11-15(12)14-4-3-13-2-1-8-19-16(13)10-14/h1-11H,(H,20,21)/b6-5+. The third kappa shape index (κ3) is 2.79. The van der Waals surface area contributed by atoms with Crippen LogP contribution in [-0.2, 0) is 4.79 Å². The van der Waals surface area contributed by atoms with E-state index >= 15 is 0 Å². The summed E-state index contributed by atoms with van der Waals surface area (Å²) in [5, 5.41) is 9.83. The molecule has 0 radical (unpaired) electrons. The van der Waals surface area contributed by atoms with Gasteiger partial charge in [0.2, 0.25) is 0 Å². The minimum absolute atomic E-state index is 0.808. The zero-order valence-electron chi connectivity index (χ0n) is 11.1. The molecule has 1 N–H and O–H groups in total. The van der Waals surface area contributed by atoms with E-state index in [9.17, 15) is 4.79 Å². The lowest BCUT2D eigenvalue weighted by Crippen LogP contribution is -1.89. The normalized spacial score (nSPS) is 11.0. The number of aliphatic carboxylic acids is 1. The SMILES string of the molecule is O=C(O)/C=C/c1ccncc1-c1ccc2cccnc2c1. The molecular formula is C17H12N2O2. The van der Waals surface area contributed by atoms with Crippen molar-refractivity contribution >= 4 is 22.9 Å². The molecule has 102 valence electrons. The fourth-order valence-electron chi connectivity index (χ4n) is 2.19. The highest BCUT2D eigenvalue weighted by Crippen LogP contribution is 2.26. The van der Waals surface area contributed by atoms with Crippen LogP contribution in [0.3, 0.4) is 0 Å². The summed E-state index contributed by atoms with van der Waals surface area (Å²) in [6.45, 7) is 0. The van der Waals surface area contributed by atoms with Crippen LogP contribution in [0.15, 0.2) is 61.1 Å². The van der Waals surface area contributed by atoms with Crippen LogP contribution in [0.1, 0.15) is 5.56 Å². The molecule has 3 aromatic rings. The van der Waals surface area contributed by atoms with Crippen molar-refractivity contribution in [2.45, 2.75) is 0 Å². The van der Waals surface area contributed by atoms with Crippen LogP contribution < -0.4 is 0 Å². The number of carbonyl (C=O) groups is 1. The average molecular weight is 276 g/mol. The molecule has 0 aliphatic heterocycles. The van der Waals surface area contributed by atoms with E-state index < -0.39 is 5.97 Å². The Labute approximate surface area is 121 Å². The first-order valence-corrected chi connectivity index (χ1v) is 6.44. The lowest BCUT2D eigenvalue weighted by molar-refractivity contribution is -0.131. The van der Waals surface area contributed by atoms with Gasteiger partial charge in [0, 0.05) is 35.6 Å². The monoisotopic (exact) mass is 276 g/mol. The van der Waals surface area contributed by atoms with Gasteiger partial charge in [-0.25, -0.2) is 4.79 Å². The molecule has 0 aliphatic rings. The molecule has 3 rings (SSSR count). The van der Waals surface area contributed by atoms with Crippen LogP contribution in [0.5, 0.6) is 0 Å². The number of carboxylic acid groups (broad SMARTS) is 1. The first-order valence-electron chi connectivity index (χ1n) is 6.44. The first kappa shape index (κ1) is 13.0. The van der Waals surface area contributed by atoms with Crippen molar-refractivity contribution < 1.29 is 9.90 Å². The minimum Gasteiger partial charge on any atom is -0.478 e. The zero-order chi connectivity index (χ0) is 14.7. The Kier molecular flexibility index (Phi) is 3.43. The molecule has 4 heteroatoms. The lowest BCUT2D eigenvalue weighted by Gasteiger charge is -2.06. The van der Waals surface area contributed by atoms with Crippen molar-refractivity contribution in [3.63, 3.8) is 0 Å². The van der Waals surface area contributed by atoms with Crippen LogP contribution in [-0.4, -0.2) is 21.0 Å². The van der Waals surface area contributed by atoms with Crippen LogP contribution in [0, 0.1) is 0 Å². The lowest BCUT2D eigenvalue weighted by atomic mass is 10.0. The van der Waals surface area contributed by atoms with Gasteiger partial charge in [-0.1, -0.05) is 18.2 Å². The van der Waals surface area contributed by atoms with Crippen molar-refractivity contribution in [2.24, 2.45) is 0 Å². The Bertz CT molecular complexity index is 841. The number of nitrogens with zero attached hydrogens (tertiary/aromatic N) is 2. The van der Waals surface area contributed by atoms with Crippen molar-refractivity contribution in [3.8, 4) is 11.1 Å². The molecule has 2 heterocycles. The Hall–Kier alpha value is -3.01. The van der Waals surface area contributed by atoms with Gasteiger partial charge in [-0.15, -0.1) is 0 Å². The molecule has 21 heavy (non-hydrogen) atoms. The third-order valence-corrected chi connectivity index (χ3v) is 3.18. The van der Waals surface area contributed by atoms with Crippen LogP contribution in [0.25, 0.3) is 28.1 Å². The number of hydrogen-bond donors (Lipinski definition) is 1. The van der Waals surface area contributed by atoms with Gasteiger partial charge in [-0.2, -0.15) is 0 Å². The van der Waals surface area contributed by atoms with Gasteiger partial charge in [0.15, 0.2) is 0 Å². The summed E-state index contributed by atoms with van der Waals surface area (Å²) in [5.41, 5.74) is 3.54. The highest BCUT2D eigenvalue weighted by Gasteiger charge is 2.05. The quantitative estimate of drug-likeness (QED) is 0.745. The predicted molar refractivity (Wildman–Crippen MR) is 81.6 cm³/mol. The second kappa shape index (κ2) is 5.54. The minimum atomic E-state index is -0.974. The van der Waals surface area contributed by atoms with Crippen LogP contribution in [0.4, 0.5) is 0 Å². The van der Waals surface area contributed by atoms with Gasteiger partial charge in [0.05, 0.1) is 5.52 Å².